The number of carbonyl (C=O) groups is 1. The van der Waals surface area contributed by atoms with E-state index in [2.05, 4.69) is 20.5 Å². The average molecular weight is 661 g/mol. The summed E-state index contributed by atoms with van der Waals surface area (Å²) in [4.78, 5) is 30.7. The van der Waals surface area contributed by atoms with Crippen LogP contribution >= 0.6 is 11.3 Å². The van der Waals surface area contributed by atoms with Crippen LogP contribution in [-0.4, -0.2) is 71.6 Å². The third-order valence-electron chi connectivity index (χ3n) is 9.26. The number of unbranched alkanes of at least 4 members (excludes halogenated alkanes) is 3. The Kier molecular flexibility index (Phi) is 11.1. The quantitative estimate of drug-likeness (QED) is 0.106. The fraction of sp³-hybridized carbons (Fsp3) is 0.444. The molecule has 2 aromatic heterocycles. The molecule has 2 bridgehead atoms. The molecule has 2 aromatic carbocycles. The molecule has 0 spiro atoms. The molecule has 3 aliphatic rings. The Hall–Kier alpha value is -3.90. The topological polar surface area (TPSA) is 136 Å². The third kappa shape index (κ3) is 8.53. The zero-order valence-corrected chi connectivity index (χ0v) is 27.3. The van der Waals surface area contributed by atoms with Crippen molar-refractivity contribution in [3.8, 4) is 11.5 Å². The summed E-state index contributed by atoms with van der Waals surface area (Å²) in [6.45, 7) is 4.78. The number of benzene rings is 2. The Bertz CT molecular complexity index is 1670. The van der Waals surface area contributed by atoms with E-state index >= 15 is 0 Å². The van der Waals surface area contributed by atoms with Gasteiger partial charge in [0.2, 0.25) is 5.56 Å². The number of carbonyl (C=O) groups excluding carboxylic acids is 1. The average Bonchev–Trinajstić information content (AvgIpc) is 3.62. The number of phenolic OH excluding ortho intramolecular Hbond substituents is 1. The first kappa shape index (κ1) is 33.0. The van der Waals surface area contributed by atoms with Crippen LogP contribution in [0.4, 0.5) is 4.79 Å². The molecule has 7 rings (SSSR count). The van der Waals surface area contributed by atoms with Crippen LogP contribution in [0.15, 0.2) is 70.8 Å². The number of aromatic nitrogens is 1. The number of thiophene rings is 1. The van der Waals surface area contributed by atoms with Gasteiger partial charge in [0.05, 0.1) is 24.3 Å². The van der Waals surface area contributed by atoms with E-state index in [1.807, 2.05) is 41.8 Å². The number of pyridine rings is 1. The Balaban J connectivity index is 0.912. The number of hydrogen-bond donors (Lipinski definition) is 5. The van der Waals surface area contributed by atoms with Crippen molar-refractivity contribution < 1.29 is 24.5 Å². The summed E-state index contributed by atoms with van der Waals surface area (Å²) in [6.07, 6.45) is 4.95. The smallest absolute Gasteiger partial charge is 0.408 e. The van der Waals surface area contributed by atoms with Crippen LogP contribution in [-0.2, 0) is 4.74 Å². The van der Waals surface area contributed by atoms with Crippen LogP contribution in [0.1, 0.15) is 66.7 Å². The maximum absolute atomic E-state index is 13.0. The Morgan fingerprint density at radius 3 is 2.68 bits per heavy atom. The number of hydrogen-bond acceptors (Lipinski definition) is 9. The lowest BCUT2D eigenvalue weighted by molar-refractivity contribution is -0.0336. The molecule has 0 saturated carbocycles. The van der Waals surface area contributed by atoms with Crippen molar-refractivity contribution >= 4 is 28.3 Å². The van der Waals surface area contributed by atoms with E-state index in [1.54, 1.807) is 23.5 Å². The van der Waals surface area contributed by atoms with Crippen LogP contribution in [0.25, 0.3) is 10.9 Å². The number of nitrogens with zero attached hydrogens (tertiary/aromatic N) is 1. The SMILES string of the molecule is O=C(NC(c1cccc(OCCCCCCNC[C@@H](O)c2ccc(O)c3[nH]c(=O)ccc23)c1)c1cccs1)O[C@H]1CN2CCC1CC2. The predicted octanol–water partition coefficient (Wildman–Crippen LogP) is 5.47. The number of ether oxygens (including phenoxy) is 2. The number of aliphatic hydroxyl groups excluding tert-OH is 1. The number of aromatic amines is 1. The molecule has 5 heterocycles. The van der Waals surface area contributed by atoms with Gasteiger partial charge < -0.3 is 35.3 Å². The highest BCUT2D eigenvalue weighted by molar-refractivity contribution is 7.10. The number of aliphatic hydroxyl groups is 1. The first-order valence-corrected chi connectivity index (χ1v) is 17.5. The van der Waals surface area contributed by atoms with Crippen molar-refractivity contribution in [1.82, 2.24) is 20.5 Å². The van der Waals surface area contributed by atoms with E-state index in [4.69, 9.17) is 9.47 Å². The van der Waals surface area contributed by atoms with Crippen molar-refractivity contribution in [2.45, 2.75) is 56.8 Å². The van der Waals surface area contributed by atoms with Gasteiger partial charge in [-0.15, -0.1) is 11.3 Å². The molecular weight excluding hydrogens is 616 g/mol. The second kappa shape index (κ2) is 15.8. The molecule has 3 aliphatic heterocycles. The highest BCUT2D eigenvalue weighted by Gasteiger charge is 2.37. The zero-order valence-electron chi connectivity index (χ0n) is 26.5. The van der Waals surface area contributed by atoms with Gasteiger partial charge in [0, 0.05) is 29.4 Å². The van der Waals surface area contributed by atoms with Crippen LogP contribution in [0, 0.1) is 5.92 Å². The lowest BCUT2D eigenvalue weighted by Crippen LogP contribution is -2.52. The summed E-state index contributed by atoms with van der Waals surface area (Å²) in [5.41, 5.74) is 1.65. The van der Waals surface area contributed by atoms with Crippen LogP contribution in [0.5, 0.6) is 11.5 Å². The van der Waals surface area contributed by atoms with Crippen molar-refractivity contribution in [2.75, 3.05) is 39.3 Å². The van der Waals surface area contributed by atoms with Gasteiger partial charge in [-0.3, -0.25) is 9.69 Å². The second-order valence-electron chi connectivity index (χ2n) is 12.5. The molecule has 1 amide bonds. The van der Waals surface area contributed by atoms with E-state index in [0.717, 1.165) is 80.9 Å². The number of fused-ring (bicyclic) bond motifs is 4. The minimum atomic E-state index is -0.765. The number of piperidine rings is 3. The van der Waals surface area contributed by atoms with Crippen molar-refractivity contribution in [3.63, 3.8) is 0 Å². The van der Waals surface area contributed by atoms with E-state index in [0.29, 0.717) is 35.5 Å². The molecule has 11 heteroatoms. The van der Waals surface area contributed by atoms with E-state index in [1.165, 1.54) is 12.1 Å². The molecule has 47 heavy (non-hydrogen) atoms. The number of alkyl carbamates (subject to hydrolysis) is 1. The molecular formula is C36H44N4O6S. The van der Waals surface area contributed by atoms with E-state index < -0.39 is 6.10 Å². The third-order valence-corrected chi connectivity index (χ3v) is 10.2. The number of amides is 1. The molecule has 0 aliphatic carbocycles. The molecule has 1 unspecified atom stereocenters. The minimum absolute atomic E-state index is 0.0190. The normalized spacial score (nSPS) is 20.1. The Morgan fingerprint density at radius 2 is 1.89 bits per heavy atom. The number of aromatic hydroxyl groups is 1. The fourth-order valence-electron chi connectivity index (χ4n) is 6.69. The van der Waals surface area contributed by atoms with Crippen LogP contribution in [0.3, 0.4) is 0 Å². The Morgan fingerprint density at radius 1 is 1.04 bits per heavy atom. The van der Waals surface area contributed by atoms with Gasteiger partial charge in [-0.05, 0) is 98.1 Å². The molecule has 3 fully saturated rings. The monoisotopic (exact) mass is 660 g/mol. The molecule has 10 nitrogen and oxygen atoms in total. The van der Waals surface area contributed by atoms with Crippen LogP contribution in [0.2, 0.25) is 0 Å². The standard InChI is InChI=1S/C36H44N4O6S/c41-29-12-10-27(28-11-13-33(43)38-35(28)29)30(42)22-37-16-3-1-2-4-19-45-26-8-5-7-25(21-26)34(32-9-6-20-47-32)39-36(44)46-31-23-40-17-14-24(31)15-18-40/h5-13,20-21,24,30-31,34,37,41-42H,1-4,14-19,22-23H2,(H,38,43)(H,39,44)/t30-,31+,34?/m1/s1. The molecule has 3 saturated heterocycles. The maximum Gasteiger partial charge on any atom is 0.408 e. The van der Waals surface area contributed by atoms with Crippen molar-refractivity contribution in [3.05, 3.63) is 92.4 Å². The molecule has 3 atom stereocenters. The van der Waals surface area contributed by atoms with Gasteiger partial charge in [-0.25, -0.2) is 4.79 Å². The van der Waals surface area contributed by atoms with Crippen molar-refractivity contribution in [1.29, 1.82) is 0 Å². The van der Waals surface area contributed by atoms with Gasteiger partial charge >= 0.3 is 6.09 Å². The van der Waals surface area contributed by atoms with Gasteiger partial charge in [0.15, 0.2) is 0 Å². The highest BCUT2D eigenvalue weighted by Crippen LogP contribution is 2.32. The second-order valence-corrected chi connectivity index (χ2v) is 13.5. The summed E-state index contributed by atoms with van der Waals surface area (Å²) in [7, 11) is 0. The molecule has 4 aromatic rings. The summed E-state index contributed by atoms with van der Waals surface area (Å²) >= 11 is 1.61. The predicted molar refractivity (Wildman–Crippen MR) is 183 cm³/mol. The zero-order chi connectivity index (χ0) is 32.6. The summed E-state index contributed by atoms with van der Waals surface area (Å²) in [5, 5.41) is 29.9. The molecule has 0 radical (unpaired) electrons. The number of nitrogens with one attached hydrogen (secondary N) is 3. The number of phenols is 1. The lowest BCUT2D eigenvalue weighted by Gasteiger charge is -2.43. The fourth-order valence-corrected chi connectivity index (χ4v) is 7.49. The molecule has 250 valence electrons. The first-order valence-electron chi connectivity index (χ1n) is 16.6. The highest BCUT2D eigenvalue weighted by atomic mass is 32.1. The number of rotatable bonds is 15. The summed E-state index contributed by atoms with van der Waals surface area (Å²) < 4.78 is 12.0. The maximum atomic E-state index is 13.0. The van der Waals surface area contributed by atoms with Gasteiger partial charge in [-0.2, -0.15) is 0 Å². The van der Waals surface area contributed by atoms with Gasteiger partial charge in [0.25, 0.3) is 0 Å². The number of H-pyrrole nitrogens is 1. The van der Waals surface area contributed by atoms with Crippen molar-refractivity contribution in [2.24, 2.45) is 5.92 Å². The lowest BCUT2D eigenvalue weighted by atomic mass is 9.86. The van der Waals surface area contributed by atoms with Gasteiger partial charge in [0.1, 0.15) is 17.6 Å². The summed E-state index contributed by atoms with van der Waals surface area (Å²) in [5.74, 6) is 1.21. The van der Waals surface area contributed by atoms with E-state index in [-0.39, 0.29) is 29.5 Å². The first-order chi connectivity index (χ1) is 22.9. The summed E-state index contributed by atoms with van der Waals surface area (Å²) in [6, 6.07) is 17.8. The van der Waals surface area contributed by atoms with Crippen LogP contribution < -0.4 is 20.9 Å². The van der Waals surface area contributed by atoms with E-state index in [9.17, 15) is 19.8 Å². The van der Waals surface area contributed by atoms with Gasteiger partial charge in [-0.1, -0.05) is 37.1 Å². The largest absolute Gasteiger partial charge is 0.506 e. The Labute approximate surface area is 278 Å². The molecule has 5 N–H and O–H groups in total. The minimum Gasteiger partial charge on any atom is -0.506 e.